The molecule has 1 saturated carbocycles. The second-order valence-electron chi connectivity index (χ2n) is 5.51. The first kappa shape index (κ1) is 10.5. The van der Waals surface area contributed by atoms with E-state index in [4.69, 9.17) is 0 Å². The summed E-state index contributed by atoms with van der Waals surface area (Å²) in [6.45, 7) is 7.71. The number of nitrogens with zero attached hydrogens (tertiary/aromatic N) is 1. The summed E-state index contributed by atoms with van der Waals surface area (Å²) >= 11 is 0. The first-order chi connectivity index (χ1) is 7.05. The molecule has 0 aromatic carbocycles. The van der Waals surface area contributed by atoms with Crippen LogP contribution in [0.4, 0.5) is 5.82 Å². The number of hydrogen-bond donors (Lipinski definition) is 1. The van der Waals surface area contributed by atoms with Crippen molar-refractivity contribution in [2.45, 2.75) is 39.0 Å². The second kappa shape index (κ2) is 3.84. The van der Waals surface area contributed by atoms with Gasteiger partial charge in [0, 0.05) is 12.7 Å². The number of nitrogens with one attached hydrogen (secondary N) is 1. The minimum Gasteiger partial charge on any atom is -0.370 e. The molecule has 82 valence electrons. The molecule has 0 amide bonds. The lowest BCUT2D eigenvalue weighted by Gasteiger charge is -2.18. The molecule has 1 fully saturated rings. The fraction of sp³-hybridized carbons (Fsp3) is 0.615. The van der Waals surface area contributed by atoms with Gasteiger partial charge in [0.25, 0.3) is 0 Å². The van der Waals surface area contributed by atoms with E-state index in [1.54, 1.807) is 0 Å². The summed E-state index contributed by atoms with van der Waals surface area (Å²) in [5.74, 6) is 1.91. The molecule has 1 heterocycles. The highest BCUT2D eigenvalue weighted by molar-refractivity contribution is 5.37. The summed E-state index contributed by atoms with van der Waals surface area (Å²) in [6.07, 6.45) is 4.75. The molecule has 1 aromatic heterocycles. The van der Waals surface area contributed by atoms with Crippen LogP contribution in [0.5, 0.6) is 0 Å². The third-order valence-electron chi connectivity index (χ3n) is 2.90. The van der Waals surface area contributed by atoms with E-state index >= 15 is 0 Å². The maximum Gasteiger partial charge on any atom is 0.125 e. The average Bonchev–Trinajstić information content (AvgIpc) is 2.97. The van der Waals surface area contributed by atoms with Crippen LogP contribution in [0, 0.1) is 5.92 Å². The van der Waals surface area contributed by atoms with Crippen LogP contribution in [0.1, 0.15) is 39.2 Å². The summed E-state index contributed by atoms with van der Waals surface area (Å²) in [7, 11) is 0. The number of anilines is 1. The predicted octanol–water partition coefficient (Wildman–Crippen LogP) is 3.20. The van der Waals surface area contributed by atoms with E-state index in [0.717, 1.165) is 18.3 Å². The summed E-state index contributed by atoms with van der Waals surface area (Å²) < 4.78 is 0. The van der Waals surface area contributed by atoms with Gasteiger partial charge in [-0.05, 0) is 35.8 Å². The molecule has 1 aromatic rings. The van der Waals surface area contributed by atoms with Crippen LogP contribution in [-0.2, 0) is 5.41 Å². The molecule has 0 saturated heterocycles. The highest BCUT2D eigenvalue weighted by Crippen LogP contribution is 2.29. The third-order valence-corrected chi connectivity index (χ3v) is 2.90. The van der Waals surface area contributed by atoms with Crippen molar-refractivity contribution < 1.29 is 0 Å². The molecule has 0 spiro atoms. The molecule has 0 radical (unpaired) electrons. The van der Waals surface area contributed by atoms with Crippen molar-refractivity contribution in [2.24, 2.45) is 5.92 Å². The fourth-order valence-electron chi connectivity index (χ4n) is 1.51. The lowest BCUT2D eigenvalue weighted by molar-refractivity contribution is 0.587. The Morgan fingerprint density at radius 2 is 2.07 bits per heavy atom. The van der Waals surface area contributed by atoms with Crippen LogP contribution in [0.2, 0.25) is 0 Å². The summed E-state index contributed by atoms with van der Waals surface area (Å²) in [5, 5.41) is 3.37. The molecule has 2 nitrogen and oxygen atoms in total. The van der Waals surface area contributed by atoms with Crippen molar-refractivity contribution in [3.05, 3.63) is 23.9 Å². The van der Waals surface area contributed by atoms with Crippen molar-refractivity contribution in [2.75, 3.05) is 11.9 Å². The number of rotatable bonds is 3. The highest BCUT2D eigenvalue weighted by atomic mass is 15.0. The highest BCUT2D eigenvalue weighted by Gasteiger charge is 2.20. The molecule has 0 atom stereocenters. The maximum absolute atomic E-state index is 4.43. The molecule has 1 aliphatic carbocycles. The normalized spacial score (nSPS) is 16.5. The topological polar surface area (TPSA) is 24.9 Å². The molecule has 15 heavy (non-hydrogen) atoms. The molecule has 0 unspecified atom stereocenters. The first-order valence-corrected chi connectivity index (χ1v) is 5.76. The molecule has 1 aliphatic rings. The van der Waals surface area contributed by atoms with Gasteiger partial charge in [-0.1, -0.05) is 26.8 Å². The van der Waals surface area contributed by atoms with E-state index in [2.05, 4.69) is 43.2 Å². The van der Waals surface area contributed by atoms with Gasteiger partial charge in [0.15, 0.2) is 0 Å². The van der Waals surface area contributed by atoms with Crippen LogP contribution >= 0.6 is 0 Å². The number of hydrogen-bond acceptors (Lipinski definition) is 2. The smallest absolute Gasteiger partial charge is 0.125 e. The molecule has 0 aliphatic heterocycles. The largest absolute Gasteiger partial charge is 0.370 e. The Bertz CT molecular complexity index is 317. The SMILES string of the molecule is CC(C)(C)c1ccc(NCC2CC2)nc1. The molecule has 2 rings (SSSR count). The Balaban J connectivity index is 1.96. The van der Waals surface area contributed by atoms with Gasteiger partial charge < -0.3 is 5.32 Å². The quantitative estimate of drug-likeness (QED) is 0.817. The van der Waals surface area contributed by atoms with Gasteiger partial charge in [0.2, 0.25) is 0 Å². The fourth-order valence-corrected chi connectivity index (χ4v) is 1.51. The molecule has 1 N–H and O–H groups in total. The van der Waals surface area contributed by atoms with Crippen LogP contribution in [0.15, 0.2) is 18.3 Å². The van der Waals surface area contributed by atoms with Gasteiger partial charge in [0.1, 0.15) is 5.82 Å². The average molecular weight is 204 g/mol. The standard InChI is InChI=1S/C13H20N2/c1-13(2,3)11-6-7-12(15-9-11)14-8-10-4-5-10/h6-7,9-10H,4-5,8H2,1-3H3,(H,14,15). The third kappa shape index (κ3) is 2.95. The van der Waals surface area contributed by atoms with E-state index in [1.165, 1.54) is 18.4 Å². The lowest BCUT2D eigenvalue weighted by atomic mass is 9.88. The lowest BCUT2D eigenvalue weighted by Crippen LogP contribution is -2.12. The Labute approximate surface area is 92.1 Å². The summed E-state index contributed by atoms with van der Waals surface area (Å²) in [6, 6.07) is 4.26. The number of aromatic nitrogens is 1. The van der Waals surface area contributed by atoms with E-state index in [-0.39, 0.29) is 5.41 Å². The van der Waals surface area contributed by atoms with Gasteiger partial charge in [-0.2, -0.15) is 0 Å². The Hall–Kier alpha value is -1.05. The van der Waals surface area contributed by atoms with Gasteiger partial charge in [-0.3, -0.25) is 0 Å². The van der Waals surface area contributed by atoms with Crippen LogP contribution in [-0.4, -0.2) is 11.5 Å². The molecular weight excluding hydrogens is 184 g/mol. The van der Waals surface area contributed by atoms with Crippen molar-refractivity contribution >= 4 is 5.82 Å². The second-order valence-corrected chi connectivity index (χ2v) is 5.51. The minimum absolute atomic E-state index is 0.196. The zero-order valence-corrected chi connectivity index (χ0v) is 9.88. The first-order valence-electron chi connectivity index (χ1n) is 5.76. The van der Waals surface area contributed by atoms with Crippen molar-refractivity contribution in [3.63, 3.8) is 0 Å². The predicted molar refractivity (Wildman–Crippen MR) is 64.2 cm³/mol. The van der Waals surface area contributed by atoms with Gasteiger partial charge in [-0.25, -0.2) is 4.98 Å². The van der Waals surface area contributed by atoms with E-state index in [9.17, 15) is 0 Å². The van der Waals surface area contributed by atoms with Gasteiger partial charge in [-0.15, -0.1) is 0 Å². The minimum atomic E-state index is 0.196. The zero-order chi connectivity index (χ0) is 10.9. The zero-order valence-electron chi connectivity index (χ0n) is 9.88. The monoisotopic (exact) mass is 204 g/mol. The van der Waals surface area contributed by atoms with Gasteiger partial charge in [0.05, 0.1) is 0 Å². The van der Waals surface area contributed by atoms with E-state index in [0.29, 0.717) is 0 Å². The maximum atomic E-state index is 4.43. The van der Waals surface area contributed by atoms with Crippen molar-refractivity contribution in [1.29, 1.82) is 0 Å². The van der Waals surface area contributed by atoms with Crippen LogP contribution in [0.25, 0.3) is 0 Å². The Kier molecular flexibility index (Phi) is 2.68. The van der Waals surface area contributed by atoms with E-state index in [1.807, 2.05) is 6.20 Å². The molecule has 0 bridgehead atoms. The van der Waals surface area contributed by atoms with Crippen molar-refractivity contribution in [1.82, 2.24) is 4.98 Å². The van der Waals surface area contributed by atoms with Crippen LogP contribution < -0.4 is 5.32 Å². The van der Waals surface area contributed by atoms with E-state index < -0.39 is 0 Å². The summed E-state index contributed by atoms with van der Waals surface area (Å²) in [4.78, 5) is 4.43. The Morgan fingerprint density at radius 3 is 2.53 bits per heavy atom. The van der Waals surface area contributed by atoms with Crippen molar-refractivity contribution in [3.8, 4) is 0 Å². The Morgan fingerprint density at radius 1 is 1.33 bits per heavy atom. The molecule has 2 heteroatoms. The number of pyridine rings is 1. The molecular formula is C13H20N2. The van der Waals surface area contributed by atoms with Crippen LogP contribution in [0.3, 0.4) is 0 Å². The summed E-state index contributed by atoms with van der Waals surface area (Å²) in [5.41, 5.74) is 1.49. The van der Waals surface area contributed by atoms with Gasteiger partial charge >= 0.3 is 0 Å².